The number of nitrogens with one attached hydrogen (secondary N) is 2. The van der Waals surface area contributed by atoms with Gasteiger partial charge < -0.3 is 0 Å². The van der Waals surface area contributed by atoms with E-state index in [2.05, 4.69) is 14.9 Å². The molecule has 0 saturated carbocycles. The summed E-state index contributed by atoms with van der Waals surface area (Å²) in [5, 5.41) is 6.38. The van der Waals surface area contributed by atoms with Crippen LogP contribution in [0.5, 0.6) is 0 Å². The van der Waals surface area contributed by atoms with Crippen molar-refractivity contribution in [2.24, 2.45) is 0 Å². The molecule has 0 unspecified atom stereocenters. The molecular weight excluding hydrogens is 293 g/mol. The van der Waals surface area contributed by atoms with Crippen LogP contribution in [0.1, 0.15) is 11.4 Å². The minimum Gasteiger partial charge on any atom is -0.280 e. The molecule has 0 aliphatic carbocycles. The Morgan fingerprint density at radius 1 is 1.37 bits per heavy atom. The van der Waals surface area contributed by atoms with E-state index in [1.807, 2.05) is 0 Å². The van der Waals surface area contributed by atoms with Gasteiger partial charge in [-0.3, -0.25) is 9.82 Å². The lowest BCUT2D eigenvalue weighted by atomic mass is 10.3. The number of benzene rings is 1. The van der Waals surface area contributed by atoms with E-state index in [0.29, 0.717) is 17.1 Å². The molecule has 0 atom stereocenters. The second kappa shape index (κ2) is 4.82. The third-order valence-corrected chi connectivity index (χ3v) is 4.38. The molecule has 1 aromatic carbocycles. The molecule has 5 nitrogen and oxygen atoms in total. The Morgan fingerprint density at radius 3 is 2.58 bits per heavy atom. The van der Waals surface area contributed by atoms with Gasteiger partial charge in [0.1, 0.15) is 10.7 Å². The molecule has 0 amide bonds. The van der Waals surface area contributed by atoms with Gasteiger partial charge in [0.25, 0.3) is 10.0 Å². The number of sulfonamides is 1. The van der Waals surface area contributed by atoms with Gasteiger partial charge in [-0.15, -0.1) is 0 Å². The molecule has 0 aliphatic heterocycles. The first-order valence-electron chi connectivity index (χ1n) is 5.30. The average molecular weight is 304 g/mol. The number of aromatic nitrogens is 2. The van der Waals surface area contributed by atoms with Crippen LogP contribution < -0.4 is 4.72 Å². The number of rotatable bonds is 3. The number of hydrogen-bond acceptors (Lipinski definition) is 3. The van der Waals surface area contributed by atoms with Crippen LogP contribution in [-0.4, -0.2) is 18.6 Å². The standard InChI is InChI=1S/C11H11ClFN3O2S/c1-6-11(7(2)15-14-6)16-19(17,18)10-4-3-8(13)5-9(10)12/h3-5,16H,1-2H3,(H,14,15). The summed E-state index contributed by atoms with van der Waals surface area (Å²) in [6.07, 6.45) is 0. The van der Waals surface area contributed by atoms with E-state index in [4.69, 9.17) is 11.6 Å². The van der Waals surface area contributed by atoms with Gasteiger partial charge in [0.2, 0.25) is 0 Å². The normalized spacial score (nSPS) is 11.6. The lowest BCUT2D eigenvalue weighted by Gasteiger charge is -2.09. The van der Waals surface area contributed by atoms with Gasteiger partial charge in [-0.2, -0.15) is 5.10 Å². The molecule has 2 aromatic rings. The topological polar surface area (TPSA) is 74.8 Å². The van der Waals surface area contributed by atoms with E-state index in [1.54, 1.807) is 13.8 Å². The minimum absolute atomic E-state index is 0.175. The van der Waals surface area contributed by atoms with Crippen LogP contribution in [0.25, 0.3) is 0 Å². The lowest BCUT2D eigenvalue weighted by Crippen LogP contribution is -2.14. The van der Waals surface area contributed by atoms with Crippen LogP contribution in [0, 0.1) is 19.7 Å². The zero-order chi connectivity index (χ0) is 14.2. The fourth-order valence-electron chi connectivity index (χ4n) is 1.58. The van der Waals surface area contributed by atoms with Crippen molar-refractivity contribution in [1.82, 2.24) is 10.2 Å². The highest BCUT2D eigenvalue weighted by atomic mass is 35.5. The first-order valence-corrected chi connectivity index (χ1v) is 7.17. The van der Waals surface area contributed by atoms with Crippen LogP contribution in [0.15, 0.2) is 23.1 Å². The Bertz CT molecular complexity index is 708. The maximum atomic E-state index is 12.9. The summed E-state index contributed by atoms with van der Waals surface area (Å²) in [5.41, 5.74) is 1.46. The second-order valence-corrected chi connectivity index (χ2v) is 6.05. The number of aromatic amines is 1. The zero-order valence-electron chi connectivity index (χ0n) is 10.2. The third kappa shape index (κ3) is 2.71. The van der Waals surface area contributed by atoms with E-state index < -0.39 is 15.8 Å². The van der Waals surface area contributed by atoms with E-state index in [9.17, 15) is 12.8 Å². The Hall–Kier alpha value is -1.60. The van der Waals surface area contributed by atoms with E-state index in [1.165, 1.54) is 0 Å². The van der Waals surface area contributed by atoms with Gasteiger partial charge in [-0.05, 0) is 32.0 Å². The summed E-state index contributed by atoms with van der Waals surface area (Å²) in [4.78, 5) is -0.185. The highest BCUT2D eigenvalue weighted by Crippen LogP contribution is 2.26. The molecule has 19 heavy (non-hydrogen) atoms. The number of anilines is 1. The molecule has 102 valence electrons. The molecule has 8 heteroatoms. The Labute approximate surface area is 114 Å². The highest BCUT2D eigenvalue weighted by molar-refractivity contribution is 7.92. The van der Waals surface area contributed by atoms with Crippen LogP contribution in [0.2, 0.25) is 5.02 Å². The SMILES string of the molecule is Cc1n[nH]c(C)c1NS(=O)(=O)c1ccc(F)cc1Cl. The Kier molecular flexibility index (Phi) is 3.51. The number of nitrogens with zero attached hydrogens (tertiary/aromatic N) is 1. The minimum atomic E-state index is -3.88. The van der Waals surface area contributed by atoms with E-state index in [-0.39, 0.29) is 9.92 Å². The smallest absolute Gasteiger partial charge is 0.263 e. The predicted octanol–water partition coefficient (Wildman–Crippen LogP) is 2.62. The molecule has 0 saturated heterocycles. The number of H-pyrrole nitrogens is 1. The van der Waals surface area contributed by atoms with Crippen LogP contribution in [0.3, 0.4) is 0 Å². The molecule has 0 radical (unpaired) electrons. The van der Waals surface area contributed by atoms with Gasteiger partial charge in [0.15, 0.2) is 0 Å². The number of hydrogen-bond donors (Lipinski definition) is 2. The molecule has 2 rings (SSSR count). The summed E-state index contributed by atoms with van der Waals surface area (Å²) in [6.45, 7) is 3.34. The van der Waals surface area contributed by atoms with Crippen molar-refractivity contribution in [2.45, 2.75) is 18.7 Å². The van der Waals surface area contributed by atoms with E-state index >= 15 is 0 Å². The van der Waals surface area contributed by atoms with Crippen LogP contribution in [0.4, 0.5) is 10.1 Å². The van der Waals surface area contributed by atoms with Gasteiger partial charge in [0.05, 0.1) is 22.1 Å². The van der Waals surface area contributed by atoms with Crippen molar-refractivity contribution in [1.29, 1.82) is 0 Å². The molecule has 1 aromatic heterocycles. The predicted molar refractivity (Wildman–Crippen MR) is 70.3 cm³/mol. The van der Waals surface area contributed by atoms with Crippen molar-refractivity contribution in [2.75, 3.05) is 4.72 Å². The molecule has 0 spiro atoms. The number of halogens is 2. The van der Waals surface area contributed by atoms with Crippen molar-refractivity contribution in [3.05, 3.63) is 40.4 Å². The largest absolute Gasteiger partial charge is 0.280 e. The van der Waals surface area contributed by atoms with Crippen molar-refractivity contribution in [3.63, 3.8) is 0 Å². The van der Waals surface area contributed by atoms with Gasteiger partial charge in [-0.1, -0.05) is 11.6 Å². The summed E-state index contributed by atoms with van der Waals surface area (Å²) in [6, 6.07) is 3.10. The van der Waals surface area contributed by atoms with Crippen molar-refractivity contribution in [3.8, 4) is 0 Å². The quantitative estimate of drug-likeness (QED) is 0.915. The summed E-state index contributed by atoms with van der Waals surface area (Å²) >= 11 is 5.75. The molecule has 0 aliphatic rings. The monoisotopic (exact) mass is 303 g/mol. The van der Waals surface area contributed by atoms with Crippen LogP contribution >= 0.6 is 11.6 Å². The first-order chi connectivity index (χ1) is 8.81. The molecular formula is C11H11ClFN3O2S. The summed E-state index contributed by atoms with van der Waals surface area (Å²) in [7, 11) is -3.88. The van der Waals surface area contributed by atoms with Gasteiger partial charge >= 0.3 is 0 Å². The van der Waals surface area contributed by atoms with Gasteiger partial charge in [0, 0.05) is 0 Å². The first kappa shape index (κ1) is 13.8. The fraction of sp³-hybridized carbons (Fsp3) is 0.182. The Morgan fingerprint density at radius 2 is 2.05 bits per heavy atom. The number of aryl methyl sites for hydroxylation is 2. The fourth-order valence-corrected chi connectivity index (χ4v) is 3.30. The summed E-state index contributed by atoms with van der Waals surface area (Å²) in [5.74, 6) is -0.598. The van der Waals surface area contributed by atoms with Crippen molar-refractivity contribution < 1.29 is 12.8 Å². The van der Waals surface area contributed by atoms with Crippen molar-refractivity contribution >= 4 is 27.3 Å². The maximum absolute atomic E-state index is 12.9. The highest BCUT2D eigenvalue weighted by Gasteiger charge is 2.21. The average Bonchev–Trinajstić information content (AvgIpc) is 2.60. The Balaban J connectivity index is 2.44. The maximum Gasteiger partial charge on any atom is 0.263 e. The molecule has 0 bridgehead atoms. The van der Waals surface area contributed by atoms with E-state index in [0.717, 1.165) is 18.2 Å². The zero-order valence-corrected chi connectivity index (χ0v) is 11.7. The molecule has 0 fully saturated rings. The molecule has 2 N–H and O–H groups in total. The molecule has 1 heterocycles. The second-order valence-electron chi connectivity index (χ2n) is 3.99. The lowest BCUT2D eigenvalue weighted by molar-refractivity contribution is 0.599. The van der Waals surface area contributed by atoms with Gasteiger partial charge in [-0.25, -0.2) is 12.8 Å². The summed E-state index contributed by atoms with van der Waals surface area (Å²) < 4.78 is 39.7. The van der Waals surface area contributed by atoms with Crippen LogP contribution in [-0.2, 0) is 10.0 Å². The third-order valence-electron chi connectivity index (χ3n) is 2.55.